The van der Waals surface area contributed by atoms with E-state index in [0.29, 0.717) is 4.91 Å². The monoisotopic (exact) mass is 343 g/mol. The van der Waals surface area contributed by atoms with E-state index in [2.05, 4.69) is 33.4 Å². The zero-order valence-electron chi connectivity index (χ0n) is 8.69. The van der Waals surface area contributed by atoms with Gasteiger partial charge in [0, 0.05) is 0 Å². The molecule has 4 bridgehead atoms. The van der Waals surface area contributed by atoms with Gasteiger partial charge in [-0.15, -0.1) is 0 Å². The Morgan fingerprint density at radius 3 is 2.82 bits per heavy atom. The predicted octanol–water partition coefficient (Wildman–Crippen LogP) is 1.20. The number of rotatable bonds is 0. The predicted molar refractivity (Wildman–Crippen MR) is 68.9 cm³/mol. The van der Waals surface area contributed by atoms with E-state index in [1.54, 1.807) is 0 Å². The molecule has 0 spiro atoms. The number of hydrogen-bond acceptors (Lipinski definition) is 3. The van der Waals surface area contributed by atoms with Gasteiger partial charge >= 0.3 is 110 Å². The number of benzene rings is 1. The SMILES string of the molecule is O=C1NC(=O)/C(=[C]2\c3ccc[c]4c3C=[CH][In]24)S1. The zero-order valence-corrected chi connectivity index (χ0v) is 12.8. The van der Waals surface area contributed by atoms with Gasteiger partial charge in [-0.25, -0.2) is 0 Å². The molecule has 0 radical (unpaired) electrons. The standard InChI is InChI=1S/C12H6NO2S.In/c1-2-8-5-3-4-6-9(8)7-10-11(14)13-12(15)16-10;/h1-4,6H,(H,13,14,15);. The van der Waals surface area contributed by atoms with Crippen molar-refractivity contribution in [3.05, 3.63) is 38.1 Å². The maximum absolute atomic E-state index is 11.8. The summed E-state index contributed by atoms with van der Waals surface area (Å²) < 4.78 is 4.97. The Balaban J connectivity index is 2.00. The van der Waals surface area contributed by atoms with Crippen molar-refractivity contribution >= 4 is 57.1 Å². The van der Waals surface area contributed by atoms with Crippen molar-refractivity contribution in [3.8, 4) is 0 Å². The summed E-state index contributed by atoms with van der Waals surface area (Å²) >= 11 is -1.05. The molecule has 0 aromatic heterocycles. The molecular weight excluding hydrogens is 337 g/mol. The minimum absolute atomic E-state index is 0.208. The first kappa shape index (κ1) is 10.0. The van der Waals surface area contributed by atoms with Gasteiger partial charge in [0.1, 0.15) is 0 Å². The minimum atomic E-state index is -2.11. The van der Waals surface area contributed by atoms with E-state index < -0.39 is 21.4 Å². The third kappa shape index (κ3) is 1.21. The molecule has 1 aromatic carbocycles. The van der Waals surface area contributed by atoms with Crippen molar-refractivity contribution in [1.82, 2.24) is 5.32 Å². The van der Waals surface area contributed by atoms with Gasteiger partial charge in [-0.05, 0) is 0 Å². The van der Waals surface area contributed by atoms with Gasteiger partial charge in [0.25, 0.3) is 0 Å². The average Bonchev–Trinajstić information content (AvgIpc) is 2.91. The topological polar surface area (TPSA) is 46.2 Å². The molecule has 0 aliphatic carbocycles. The molecule has 4 rings (SSSR count). The Morgan fingerprint density at radius 1 is 1.24 bits per heavy atom. The van der Waals surface area contributed by atoms with E-state index >= 15 is 0 Å². The Morgan fingerprint density at radius 2 is 2.12 bits per heavy atom. The third-order valence-corrected chi connectivity index (χ3v) is 13.4. The van der Waals surface area contributed by atoms with E-state index in [0.717, 1.165) is 11.8 Å². The summed E-state index contributed by atoms with van der Waals surface area (Å²) in [6.45, 7) is 0. The van der Waals surface area contributed by atoms with Crippen LogP contribution in [-0.2, 0) is 4.79 Å². The number of carbonyl (C=O) groups is 2. The van der Waals surface area contributed by atoms with Gasteiger partial charge in [0.15, 0.2) is 0 Å². The molecule has 3 heterocycles. The summed E-state index contributed by atoms with van der Waals surface area (Å²) in [5, 5.41) is 2.11. The first-order valence-electron chi connectivity index (χ1n) is 5.34. The maximum atomic E-state index is 11.8. The van der Waals surface area contributed by atoms with E-state index in [1.807, 2.05) is 0 Å². The molecule has 17 heavy (non-hydrogen) atoms. The van der Waals surface area contributed by atoms with Crippen molar-refractivity contribution in [2.24, 2.45) is 0 Å². The van der Waals surface area contributed by atoms with Crippen LogP contribution in [0.25, 0.3) is 9.41 Å². The van der Waals surface area contributed by atoms with Gasteiger partial charge in [-0.2, -0.15) is 0 Å². The number of hydrogen-bond donors (Lipinski definition) is 1. The summed E-state index contributed by atoms with van der Waals surface area (Å²) in [5.74, 6) is -0.208. The van der Waals surface area contributed by atoms with Crippen LogP contribution in [0.3, 0.4) is 0 Å². The van der Waals surface area contributed by atoms with Crippen LogP contribution >= 0.6 is 11.8 Å². The summed E-state index contributed by atoms with van der Waals surface area (Å²) in [6, 6.07) is 6.29. The molecule has 0 atom stereocenters. The van der Waals surface area contributed by atoms with Gasteiger partial charge in [0.05, 0.1) is 0 Å². The molecule has 0 unspecified atom stereocenters. The number of carbonyl (C=O) groups excluding carboxylic acids is 2. The number of imide groups is 1. The molecule has 3 aliphatic heterocycles. The van der Waals surface area contributed by atoms with Gasteiger partial charge in [-0.1, -0.05) is 0 Å². The summed E-state index contributed by atoms with van der Waals surface area (Å²) in [5.41, 5.74) is 2.49. The van der Waals surface area contributed by atoms with Crippen molar-refractivity contribution in [1.29, 1.82) is 0 Å². The van der Waals surface area contributed by atoms with Crippen LogP contribution in [0.2, 0.25) is 0 Å². The van der Waals surface area contributed by atoms with Crippen molar-refractivity contribution < 1.29 is 9.59 Å². The number of nitrogens with one attached hydrogen (secondary N) is 1. The zero-order chi connectivity index (χ0) is 11.6. The fourth-order valence-corrected chi connectivity index (χ4v) is 13.4. The molecule has 1 aromatic rings. The van der Waals surface area contributed by atoms with Crippen LogP contribution in [0.1, 0.15) is 11.1 Å². The van der Waals surface area contributed by atoms with E-state index in [1.165, 1.54) is 17.8 Å². The van der Waals surface area contributed by atoms with Crippen molar-refractivity contribution in [2.45, 2.75) is 0 Å². The van der Waals surface area contributed by atoms with Crippen LogP contribution in [0.4, 0.5) is 4.79 Å². The van der Waals surface area contributed by atoms with Gasteiger partial charge in [-0.3, -0.25) is 0 Å². The molecule has 1 N–H and O–H groups in total. The van der Waals surface area contributed by atoms with E-state index in [4.69, 9.17) is 0 Å². The number of amides is 2. The summed E-state index contributed by atoms with van der Waals surface area (Å²) in [6.07, 6.45) is 2.19. The third-order valence-electron chi connectivity index (χ3n) is 3.39. The molecule has 0 saturated carbocycles. The molecule has 5 heteroatoms. The second-order valence-electron chi connectivity index (χ2n) is 4.23. The summed E-state index contributed by atoms with van der Waals surface area (Å²) in [7, 11) is 0. The molecule has 2 amide bonds. The van der Waals surface area contributed by atoms with Crippen LogP contribution in [-0.4, -0.2) is 32.6 Å². The Bertz CT molecular complexity index is 662. The molecular formula is C12H6InNO2S. The van der Waals surface area contributed by atoms with Gasteiger partial charge < -0.3 is 0 Å². The van der Waals surface area contributed by atoms with E-state index in [-0.39, 0.29) is 11.1 Å². The number of thioether (sulfide) groups is 1. The molecule has 80 valence electrons. The first-order valence-corrected chi connectivity index (χ1v) is 11.4. The fourth-order valence-electron chi connectivity index (χ4n) is 2.75. The van der Waals surface area contributed by atoms with Crippen LogP contribution in [0.15, 0.2) is 26.9 Å². The van der Waals surface area contributed by atoms with Crippen molar-refractivity contribution in [2.75, 3.05) is 0 Å². The normalized spacial score (nSPS) is 23.9. The molecule has 1 saturated heterocycles. The van der Waals surface area contributed by atoms with Crippen LogP contribution < -0.4 is 8.64 Å². The second-order valence-corrected chi connectivity index (χ2v) is 12.5. The summed E-state index contributed by atoms with van der Waals surface area (Å²) in [4.78, 5) is 23.7. The van der Waals surface area contributed by atoms with Crippen molar-refractivity contribution in [3.63, 3.8) is 0 Å². The second kappa shape index (κ2) is 3.29. The molecule has 3 aliphatic rings. The van der Waals surface area contributed by atoms with Gasteiger partial charge in [0.2, 0.25) is 0 Å². The van der Waals surface area contributed by atoms with Crippen LogP contribution in [0.5, 0.6) is 0 Å². The Kier molecular flexibility index (Phi) is 1.94. The average molecular weight is 343 g/mol. The Hall–Kier alpha value is -0.940. The fraction of sp³-hybridized carbons (Fsp3) is 0. The first-order chi connectivity index (χ1) is 8.25. The van der Waals surface area contributed by atoms with E-state index in [9.17, 15) is 9.59 Å². The Labute approximate surface area is 109 Å². The molecule has 3 nitrogen and oxygen atoms in total. The quantitative estimate of drug-likeness (QED) is 0.721. The van der Waals surface area contributed by atoms with Crippen LogP contribution in [0, 0.1) is 0 Å². The molecule has 1 fully saturated rings.